The molecule has 0 spiro atoms. The molecule has 114 valence electrons. The van der Waals surface area contributed by atoms with Crippen molar-refractivity contribution in [2.45, 2.75) is 6.92 Å². The van der Waals surface area contributed by atoms with E-state index < -0.39 is 0 Å². The number of para-hydroxylation sites is 1. The van der Waals surface area contributed by atoms with Crippen LogP contribution in [0.3, 0.4) is 0 Å². The van der Waals surface area contributed by atoms with E-state index in [4.69, 9.17) is 0 Å². The highest BCUT2D eigenvalue weighted by molar-refractivity contribution is 9.10. The van der Waals surface area contributed by atoms with E-state index in [-0.39, 0.29) is 5.69 Å². The highest BCUT2D eigenvalue weighted by atomic mass is 79.9. The Balaban J connectivity index is 2.28. The smallest absolute Gasteiger partial charge is 0.293 e. The van der Waals surface area contributed by atoms with Crippen molar-refractivity contribution in [3.8, 4) is 5.69 Å². The predicted octanol–water partition coefficient (Wildman–Crippen LogP) is 3.95. The zero-order valence-electron chi connectivity index (χ0n) is 12.7. The number of nitrogens with zero attached hydrogens (tertiary/aromatic N) is 3. The Bertz CT molecular complexity index is 1120. The fourth-order valence-corrected chi connectivity index (χ4v) is 3.37. The van der Waals surface area contributed by atoms with Crippen LogP contribution in [0.15, 0.2) is 57.9 Å². The summed E-state index contributed by atoms with van der Waals surface area (Å²) in [6, 6.07) is 13.8. The number of benzene rings is 2. The summed E-state index contributed by atoms with van der Waals surface area (Å²) in [6.07, 6.45) is 1.77. The first-order valence-corrected chi connectivity index (χ1v) is 8.09. The van der Waals surface area contributed by atoms with Gasteiger partial charge in [-0.15, -0.1) is 0 Å². The number of imidazole rings is 1. The zero-order chi connectivity index (χ0) is 16.1. The van der Waals surface area contributed by atoms with Gasteiger partial charge in [-0.2, -0.15) is 0 Å². The first-order chi connectivity index (χ1) is 11.1. The fourth-order valence-electron chi connectivity index (χ4n) is 3.01. The van der Waals surface area contributed by atoms with Gasteiger partial charge in [-0.1, -0.05) is 34.1 Å². The zero-order valence-corrected chi connectivity index (χ0v) is 14.3. The van der Waals surface area contributed by atoms with Gasteiger partial charge < -0.3 is 0 Å². The molecule has 4 rings (SSSR count). The number of pyridine rings is 1. The second-order valence-corrected chi connectivity index (χ2v) is 6.53. The van der Waals surface area contributed by atoms with Crippen molar-refractivity contribution < 1.29 is 0 Å². The van der Waals surface area contributed by atoms with Gasteiger partial charge in [0.15, 0.2) is 0 Å². The third-order valence-corrected chi connectivity index (χ3v) is 4.70. The molecule has 2 aromatic carbocycles. The van der Waals surface area contributed by atoms with Crippen LogP contribution in [0.1, 0.15) is 5.56 Å². The molecule has 0 aliphatic carbocycles. The van der Waals surface area contributed by atoms with Crippen LogP contribution in [-0.2, 0) is 7.05 Å². The van der Waals surface area contributed by atoms with Crippen LogP contribution in [-0.4, -0.2) is 14.1 Å². The van der Waals surface area contributed by atoms with Crippen molar-refractivity contribution >= 4 is 37.9 Å². The first-order valence-electron chi connectivity index (χ1n) is 7.29. The lowest BCUT2D eigenvalue weighted by molar-refractivity contribution is 0.843. The molecule has 0 fully saturated rings. The van der Waals surface area contributed by atoms with Gasteiger partial charge in [-0.3, -0.25) is 14.1 Å². The Morgan fingerprint density at radius 2 is 1.91 bits per heavy atom. The highest BCUT2D eigenvalue weighted by Gasteiger charge is 2.17. The molecule has 4 nitrogen and oxygen atoms in total. The Hall–Kier alpha value is -2.40. The third kappa shape index (κ3) is 2.04. The van der Waals surface area contributed by atoms with Crippen LogP contribution in [0.25, 0.3) is 27.6 Å². The van der Waals surface area contributed by atoms with E-state index in [1.807, 2.05) is 49.4 Å². The number of rotatable bonds is 1. The Labute approximate surface area is 141 Å². The van der Waals surface area contributed by atoms with Crippen molar-refractivity contribution in [2.24, 2.45) is 7.05 Å². The van der Waals surface area contributed by atoms with Crippen molar-refractivity contribution in [1.82, 2.24) is 14.1 Å². The monoisotopic (exact) mass is 367 g/mol. The molecule has 5 heteroatoms. The first kappa shape index (κ1) is 14.2. The highest BCUT2D eigenvalue weighted by Crippen LogP contribution is 2.28. The van der Waals surface area contributed by atoms with E-state index in [0.717, 1.165) is 37.7 Å². The van der Waals surface area contributed by atoms with E-state index in [1.54, 1.807) is 22.4 Å². The topological polar surface area (TPSA) is 39.8 Å². The van der Waals surface area contributed by atoms with Crippen LogP contribution in [0.5, 0.6) is 0 Å². The normalized spacial score (nSPS) is 11.4. The lowest BCUT2D eigenvalue weighted by Gasteiger charge is -2.08. The molecule has 0 aliphatic rings. The minimum atomic E-state index is -0.0661. The van der Waals surface area contributed by atoms with Crippen molar-refractivity contribution in [3.05, 3.63) is 69.2 Å². The minimum Gasteiger partial charge on any atom is -0.293 e. The maximum absolute atomic E-state index is 12.9. The molecule has 2 aromatic heterocycles. The summed E-state index contributed by atoms with van der Waals surface area (Å²) in [6.45, 7) is 2.01. The molecule has 0 saturated carbocycles. The lowest BCUT2D eigenvalue weighted by Crippen LogP contribution is -2.21. The SMILES string of the molecule is Cc1ccccc1-n1c(=O)n(C)c2cnc3ccc(Br)cc3c21. The van der Waals surface area contributed by atoms with Crippen LogP contribution in [0.4, 0.5) is 0 Å². The van der Waals surface area contributed by atoms with Crippen LogP contribution in [0, 0.1) is 6.92 Å². The van der Waals surface area contributed by atoms with Crippen molar-refractivity contribution in [3.63, 3.8) is 0 Å². The average molecular weight is 368 g/mol. The quantitative estimate of drug-likeness (QED) is 0.511. The van der Waals surface area contributed by atoms with Crippen LogP contribution >= 0.6 is 15.9 Å². The maximum Gasteiger partial charge on any atom is 0.333 e. The molecular formula is C18H14BrN3O. The average Bonchev–Trinajstić information content (AvgIpc) is 2.80. The van der Waals surface area contributed by atoms with Crippen LogP contribution in [0.2, 0.25) is 0 Å². The number of aryl methyl sites for hydroxylation is 2. The van der Waals surface area contributed by atoms with Crippen LogP contribution < -0.4 is 5.69 Å². The summed E-state index contributed by atoms with van der Waals surface area (Å²) in [5, 5.41) is 0.956. The second kappa shape index (κ2) is 5.06. The van der Waals surface area contributed by atoms with Gasteiger partial charge in [0.05, 0.1) is 28.4 Å². The third-order valence-electron chi connectivity index (χ3n) is 4.20. The van der Waals surface area contributed by atoms with Gasteiger partial charge >= 0.3 is 5.69 Å². The predicted molar refractivity (Wildman–Crippen MR) is 96.3 cm³/mol. The van der Waals surface area contributed by atoms with Gasteiger partial charge in [0.1, 0.15) is 0 Å². The summed E-state index contributed by atoms with van der Waals surface area (Å²) in [5.74, 6) is 0. The maximum atomic E-state index is 12.9. The Kier molecular flexibility index (Phi) is 3.13. The fraction of sp³-hybridized carbons (Fsp3) is 0.111. The molecule has 0 saturated heterocycles. The number of fused-ring (bicyclic) bond motifs is 3. The second-order valence-electron chi connectivity index (χ2n) is 5.62. The van der Waals surface area contributed by atoms with E-state index in [1.165, 1.54) is 0 Å². The molecule has 23 heavy (non-hydrogen) atoms. The molecule has 0 N–H and O–H groups in total. The van der Waals surface area contributed by atoms with Crippen molar-refractivity contribution in [1.29, 1.82) is 0 Å². The Morgan fingerprint density at radius 3 is 2.70 bits per heavy atom. The molecule has 4 aromatic rings. The van der Waals surface area contributed by atoms with Gasteiger partial charge in [0, 0.05) is 16.9 Å². The lowest BCUT2D eigenvalue weighted by atomic mass is 10.1. The number of hydrogen-bond donors (Lipinski definition) is 0. The summed E-state index contributed by atoms with van der Waals surface area (Å²) in [4.78, 5) is 17.3. The largest absolute Gasteiger partial charge is 0.333 e. The summed E-state index contributed by atoms with van der Waals surface area (Å²) in [5.41, 5.74) is 4.47. The number of halogens is 1. The molecule has 0 atom stereocenters. The summed E-state index contributed by atoms with van der Waals surface area (Å²) >= 11 is 3.52. The van der Waals surface area contributed by atoms with E-state index in [2.05, 4.69) is 20.9 Å². The van der Waals surface area contributed by atoms with Gasteiger partial charge in [0.25, 0.3) is 0 Å². The standard InChI is InChI=1S/C18H14BrN3O/c1-11-5-3-4-6-15(11)22-17-13-9-12(19)7-8-14(13)20-10-16(17)21(2)18(22)23/h3-10H,1-2H3. The Morgan fingerprint density at radius 1 is 1.13 bits per heavy atom. The molecule has 0 bridgehead atoms. The van der Waals surface area contributed by atoms with Gasteiger partial charge in [-0.05, 0) is 36.8 Å². The molecule has 2 heterocycles. The van der Waals surface area contributed by atoms with E-state index in [9.17, 15) is 4.79 Å². The minimum absolute atomic E-state index is 0.0661. The molecule has 0 unspecified atom stereocenters. The summed E-state index contributed by atoms with van der Waals surface area (Å²) in [7, 11) is 1.78. The van der Waals surface area contributed by atoms with Gasteiger partial charge in [-0.25, -0.2) is 4.79 Å². The molecule has 0 aliphatic heterocycles. The van der Waals surface area contributed by atoms with Gasteiger partial charge in [0.2, 0.25) is 0 Å². The number of aromatic nitrogens is 3. The molecular weight excluding hydrogens is 354 g/mol. The number of hydrogen-bond acceptors (Lipinski definition) is 2. The van der Waals surface area contributed by atoms with E-state index in [0.29, 0.717) is 0 Å². The molecule has 0 radical (unpaired) electrons. The molecule has 0 amide bonds. The summed E-state index contributed by atoms with van der Waals surface area (Å²) < 4.78 is 4.39. The van der Waals surface area contributed by atoms with Crippen molar-refractivity contribution in [2.75, 3.05) is 0 Å². The van der Waals surface area contributed by atoms with E-state index >= 15 is 0 Å².